The lowest BCUT2D eigenvalue weighted by atomic mass is 9.78. The van der Waals surface area contributed by atoms with E-state index in [-0.39, 0.29) is 0 Å². The molecule has 0 N–H and O–H groups in total. The SMILES string of the molecule is CCCC1CCC(=O)C(CN2CCOC3CCCC32)C1. The zero-order valence-corrected chi connectivity index (χ0v) is 12.9. The van der Waals surface area contributed by atoms with Crippen molar-refractivity contribution >= 4 is 5.78 Å². The molecular formula is C17H29NO2. The van der Waals surface area contributed by atoms with Crippen LogP contribution in [0, 0.1) is 11.8 Å². The smallest absolute Gasteiger partial charge is 0.137 e. The Morgan fingerprint density at radius 2 is 2.20 bits per heavy atom. The monoisotopic (exact) mass is 279 g/mol. The van der Waals surface area contributed by atoms with E-state index in [4.69, 9.17) is 4.74 Å². The quantitative estimate of drug-likeness (QED) is 0.792. The van der Waals surface area contributed by atoms with E-state index in [0.717, 1.165) is 44.9 Å². The Labute approximate surface area is 123 Å². The molecule has 20 heavy (non-hydrogen) atoms. The molecule has 2 aliphatic carbocycles. The summed E-state index contributed by atoms with van der Waals surface area (Å²) in [6.45, 7) is 5.16. The van der Waals surface area contributed by atoms with E-state index in [9.17, 15) is 4.79 Å². The second kappa shape index (κ2) is 6.57. The first-order chi connectivity index (χ1) is 9.78. The van der Waals surface area contributed by atoms with Crippen LogP contribution in [-0.2, 0) is 9.53 Å². The zero-order valence-electron chi connectivity index (χ0n) is 12.9. The summed E-state index contributed by atoms with van der Waals surface area (Å²) in [6.07, 6.45) is 9.90. The maximum absolute atomic E-state index is 12.3. The van der Waals surface area contributed by atoms with Crippen molar-refractivity contribution in [1.82, 2.24) is 4.90 Å². The molecule has 3 fully saturated rings. The van der Waals surface area contributed by atoms with Crippen molar-refractivity contribution in [3.8, 4) is 0 Å². The van der Waals surface area contributed by atoms with Crippen molar-refractivity contribution in [2.75, 3.05) is 19.7 Å². The normalized spacial score (nSPS) is 39.0. The number of hydrogen-bond acceptors (Lipinski definition) is 3. The number of hydrogen-bond donors (Lipinski definition) is 0. The lowest BCUT2D eigenvalue weighted by Gasteiger charge is -2.40. The van der Waals surface area contributed by atoms with Crippen LogP contribution in [0.25, 0.3) is 0 Å². The molecule has 3 heteroatoms. The summed E-state index contributed by atoms with van der Waals surface area (Å²) in [5, 5.41) is 0. The number of ether oxygens (including phenoxy) is 1. The number of carbonyl (C=O) groups is 1. The molecule has 114 valence electrons. The molecule has 0 bridgehead atoms. The van der Waals surface area contributed by atoms with Crippen LogP contribution in [0.2, 0.25) is 0 Å². The van der Waals surface area contributed by atoms with Gasteiger partial charge in [0.2, 0.25) is 0 Å². The fourth-order valence-electron chi connectivity index (χ4n) is 4.56. The first-order valence-electron chi connectivity index (χ1n) is 8.66. The van der Waals surface area contributed by atoms with Gasteiger partial charge in [0.1, 0.15) is 5.78 Å². The summed E-state index contributed by atoms with van der Waals surface area (Å²) in [7, 11) is 0. The Balaban J connectivity index is 1.59. The summed E-state index contributed by atoms with van der Waals surface area (Å²) in [6, 6.07) is 0.600. The molecule has 0 aromatic rings. The van der Waals surface area contributed by atoms with Crippen molar-refractivity contribution in [3.05, 3.63) is 0 Å². The third-order valence-corrected chi connectivity index (χ3v) is 5.62. The van der Waals surface area contributed by atoms with Crippen molar-refractivity contribution in [1.29, 1.82) is 0 Å². The molecule has 0 aromatic carbocycles. The minimum atomic E-state index is 0.305. The van der Waals surface area contributed by atoms with Gasteiger partial charge >= 0.3 is 0 Å². The predicted octanol–water partition coefficient (Wildman–Crippen LogP) is 3.03. The van der Waals surface area contributed by atoms with E-state index in [1.807, 2.05) is 0 Å². The second-order valence-corrected chi connectivity index (χ2v) is 6.99. The maximum Gasteiger partial charge on any atom is 0.137 e. The Morgan fingerprint density at radius 3 is 3.05 bits per heavy atom. The van der Waals surface area contributed by atoms with Gasteiger partial charge in [0.05, 0.1) is 12.7 Å². The Hall–Kier alpha value is -0.410. The third-order valence-electron chi connectivity index (χ3n) is 5.62. The number of fused-ring (bicyclic) bond motifs is 1. The van der Waals surface area contributed by atoms with E-state index in [1.54, 1.807) is 0 Å². The molecule has 0 aromatic heterocycles. The van der Waals surface area contributed by atoms with Crippen LogP contribution < -0.4 is 0 Å². The first-order valence-corrected chi connectivity index (χ1v) is 8.66. The van der Waals surface area contributed by atoms with Gasteiger partial charge in [-0.05, 0) is 38.0 Å². The van der Waals surface area contributed by atoms with Gasteiger partial charge in [0.25, 0.3) is 0 Å². The van der Waals surface area contributed by atoms with Gasteiger partial charge in [-0.3, -0.25) is 9.69 Å². The number of rotatable bonds is 4. The summed E-state index contributed by atoms with van der Waals surface area (Å²) in [5.41, 5.74) is 0. The largest absolute Gasteiger partial charge is 0.375 e. The van der Waals surface area contributed by atoms with Crippen molar-refractivity contribution in [2.45, 2.75) is 70.4 Å². The minimum absolute atomic E-state index is 0.305. The van der Waals surface area contributed by atoms with Crippen LogP contribution in [0.3, 0.4) is 0 Å². The highest BCUT2D eigenvalue weighted by atomic mass is 16.5. The molecule has 0 amide bonds. The molecule has 3 aliphatic rings. The highest BCUT2D eigenvalue weighted by Crippen LogP contribution is 2.34. The maximum atomic E-state index is 12.3. The molecule has 1 heterocycles. The average molecular weight is 279 g/mol. The number of nitrogens with zero attached hydrogens (tertiary/aromatic N) is 1. The lowest BCUT2D eigenvalue weighted by Crippen LogP contribution is -2.51. The molecule has 4 unspecified atom stereocenters. The molecule has 2 saturated carbocycles. The molecule has 1 aliphatic heterocycles. The van der Waals surface area contributed by atoms with E-state index >= 15 is 0 Å². The molecule has 4 atom stereocenters. The van der Waals surface area contributed by atoms with Gasteiger partial charge in [0, 0.05) is 31.5 Å². The summed E-state index contributed by atoms with van der Waals surface area (Å²) in [5.74, 6) is 1.63. The van der Waals surface area contributed by atoms with Crippen molar-refractivity contribution in [2.24, 2.45) is 11.8 Å². The molecular weight excluding hydrogens is 250 g/mol. The fourth-order valence-corrected chi connectivity index (χ4v) is 4.56. The standard InChI is InChI=1S/C17H29NO2/c1-2-4-13-7-8-16(19)14(11-13)12-18-9-10-20-17-6-3-5-15(17)18/h13-15,17H,2-12H2,1H3. The summed E-state index contributed by atoms with van der Waals surface area (Å²) in [4.78, 5) is 14.8. The van der Waals surface area contributed by atoms with Crippen LogP contribution in [0.15, 0.2) is 0 Å². The van der Waals surface area contributed by atoms with E-state index in [2.05, 4.69) is 11.8 Å². The lowest BCUT2D eigenvalue weighted by molar-refractivity contribution is -0.128. The van der Waals surface area contributed by atoms with Gasteiger partial charge in [-0.2, -0.15) is 0 Å². The highest BCUT2D eigenvalue weighted by Gasteiger charge is 2.38. The second-order valence-electron chi connectivity index (χ2n) is 6.99. The van der Waals surface area contributed by atoms with E-state index in [1.165, 1.54) is 32.1 Å². The van der Waals surface area contributed by atoms with Crippen LogP contribution in [0.5, 0.6) is 0 Å². The third kappa shape index (κ3) is 3.09. The number of Topliss-reactive ketones (excluding diaryl/α,β-unsaturated/α-hetero) is 1. The Morgan fingerprint density at radius 1 is 1.30 bits per heavy atom. The van der Waals surface area contributed by atoms with Crippen LogP contribution >= 0.6 is 0 Å². The van der Waals surface area contributed by atoms with Gasteiger partial charge in [-0.15, -0.1) is 0 Å². The van der Waals surface area contributed by atoms with Crippen LogP contribution in [0.1, 0.15) is 58.3 Å². The van der Waals surface area contributed by atoms with Gasteiger partial charge in [0.15, 0.2) is 0 Å². The van der Waals surface area contributed by atoms with Gasteiger partial charge < -0.3 is 4.74 Å². The average Bonchev–Trinajstić information content (AvgIpc) is 2.92. The Kier molecular flexibility index (Phi) is 4.77. The molecule has 0 spiro atoms. The predicted molar refractivity (Wildman–Crippen MR) is 79.7 cm³/mol. The van der Waals surface area contributed by atoms with Gasteiger partial charge in [-0.1, -0.05) is 19.8 Å². The van der Waals surface area contributed by atoms with E-state index < -0.39 is 0 Å². The fraction of sp³-hybridized carbons (Fsp3) is 0.941. The van der Waals surface area contributed by atoms with Crippen molar-refractivity contribution in [3.63, 3.8) is 0 Å². The first kappa shape index (κ1) is 14.5. The summed E-state index contributed by atoms with van der Waals surface area (Å²) < 4.78 is 5.88. The molecule has 0 radical (unpaired) electrons. The van der Waals surface area contributed by atoms with Crippen LogP contribution in [-0.4, -0.2) is 42.5 Å². The van der Waals surface area contributed by atoms with Gasteiger partial charge in [-0.25, -0.2) is 0 Å². The zero-order chi connectivity index (χ0) is 13.9. The highest BCUT2D eigenvalue weighted by molar-refractivity contribution is 5.82. The van der Waals surface area contributed by atoms with Crippen molar-refractivity contribution < 1.29 is 9.53 Å². The van der Waals surface area contributed by atoms with Crippen LogP contribution in [0.4, 0.5) is 0 Å². The topological polar surface area (TPSA) is 29.5 Å². The molecule has 1 saturated heterocycles. The number of carbonyl (C=O) groups excluding carboxylic acids is 1. The minimum Gasteiger partial charge on any atom is -0.375 e. The number of ketones is 1. The summed E-state index contributed by atoms with van der Waals surface area (Å²) >= 11 is 0. The Bertz CT molecular complexity index is 344. The van der Waals surface area contributed by atoms with E-state index in [0.29, 0.717) is 23.8 Å². The molecule has 3 rings (SSSR count). The number of morpholine rings is 1. The molecule has 3 nitrogen and oxygen atoms in total.